The Hall–Kier alpha value is -1.24. The van der Waals surface area contributed by atoms with Crippen LogP contribution in [0.3, 0.4) is 0 Å². The van der Waals surface area contributed by atoms with E-state index in [0.29, 0.717) is 18.1 Å². The van der Waals surface area contributed by atoms with Crippen LogP contribution in [0.2, 0.25) is 0 Å². The highest BCUT2D eigenvalue weighted by Gasteiger charge is 2.30. The third-order valence-electron chi connectivity index (χ3n) is 3.50. The molecule has 11 heteroatoms. The highest BCUT2D eigenvalue weighted by atomic mass is 127. The second kappa shape index (κ2) is 10.9. The molecule has 0 unspecified atom stereocenters. The van der Waals surface area contributed by atoms with Crippen molar-refractivity contribution in [1.82, 2.24) is 15.1 Å². The van der Waals surface area contributed by atoms with Gasteiger partial charge in [0, 0.05) is 33.7 Å². The SMILES string of the molecule is CN=C(NCCN(C)CC(F)(F)F)N(C)Cc1ccc(C(F)(F)F)cc1.I. The molecule has 1 aromatic rings. The molecule has 0 aliphatic carbocycles. The van der Waals surface area contributed by atoms with E-state index in [2.05, 4.69) is 10.3 Å². The highest BCUT2D eigenvalue weighted by molar-refractivity contribution is 14.0. The van der Waals surface area contributed by atoms with Gasteiger partial charge in [-0.05, 0) is 24.7 Å². The Morgan fingerprint density at radius 1 is 1.04 bits per heavy atom. The van der Waals surface area contributed by atoms with Crippen LogP contribution in [0, 0.1) is 0 Å². The monoisotopic (exact) mass is 512 g/mol. The van der Waals surface area contributed by atoms with Crippen molar-refractivity contribution < 1.29 is 26.3 Å². The predicted octanol–water partition coefficient (Wildman–Crippen LogP) is 3.82. The second-order valence-corrected chi connectivity index (χ2v) is 5.88. The average molecular weight is 512 g/mol. The normalized spacial score (nSPS) is 12.7. The van der Waals surface area contributed by atoms with Gasteiger partial charge in [-0.1, -0.05) is 12.1 Å². The number of benzene rings is 1. The van der Waals surface area contributed by atoms with E-state index in [4.69, 9.17) is 0 Å². The smallest absolute Gasteiger partial charge is 0.355 e. The molecule has 0 saturated heterocycles. The average Bonchev–Trinajstić information content (AvgIpc) is 2.49. The summed E-state index contributed by atoms with van der Waals surface area (Å²) in [4.78, 5) is 6.83. The summed E-state index contributed by atoms with van der Waals surface area (Å²) in [6, 6.07) is 4.77. The van der Waals surface area contributed by atoms with Gasteiger partial charge in [-0.2, -0.15) is 26.3 Å². The molecule has 0 bridgehead atoms. The van der Waals surface area contributed by atoms with Crippen molar-refractivity contribution in [2.24, 2.45) is 4.99 Å². The van der Waals surface area contributed by atoms with Crippen molar-refractivity contribution >= 4 is 29.9 Å². The van der Waals surface area contributed by atoms with Gasteiger partial charge in [0.1, 0.15) is 0 Å². The number of nitrogens with zero attached hydrogens (tertiary/aromatic N) is 3. The van der Waals surface area contributed by atoms with Gasteiger partial charge in [0.05, 0.1) is 12.1 Å². The van der Waals surface area contributed by atoms with Crippen molar-refractivity contribution in [3.8, 4) is 0 Å². The van der Waals surface area contributed by atoms with E-state index in [1.54, 1.807) is 11.9 Å². The summed E-state index contributed by atoms with van der Waals surface area (Å²) in [5.41, 5.74) is -0.0725. The van der Waals surface area contributed by atoms with E-state index in [9.17, 15) is 26.3 Å². The molecular formula is C16H23F6IN4. The zero-order chi connectivity index (χ0) is 20.0. The molecule has 4 nitrogen and oxygen atoms in total. The van der Waals surface area contributed by atoms with E-state index < -0.39 is 24.5 Å². The Bertz CT molecular complexity index is 586. The molecule has 0 fully saturated rings. The van der Waals surface area contributed by atoms with Gasteiger partial charge in [0.15, 0.2) is 5.96 Å². The van der Waals surface area contributed by atoms with Crippen LogP contribution >= 0.6 is 24.0 Å². The maximum atomic E-state index is 12.6. The minimum atomic E-state index is -4.38. The highest BCUT2D eigenvalue weighted by Crippen LogP contribution is 2.29. The maximum Gasteiger partial charge on any atom is 0.416 e. The standard InChI is InChI=1S/C16H22F6N4.HI/c1-23-14(24-8-9-25(2)11-15(17,18)19)26(3)10-12-4-6-13(7-5-12)16(20,21)22;/h4-7H,8-11H2,1-3H3,(H,23,24);1H. The van der Waals surface area contributed by atoms with Gasteiger partial charge in [-0.25, -0.2) is 0 Å². The molecule has 0 aromatic heterocycles. The maximum absolute atomic E-state index is 12.6. The van der Waals surface area contributed by atoms with Crippen LogP contribution in [-0.4, -0.2) is 62.7 Å². The van der Waals surface area contributed by atoms with Crippen molar-refractivity contribution in [3.63, 3.8) is 0 Å². The number of rotatable bonds is 6. The zero-order valence-electron chi connectivity index (χ0n) is 15.2. The summed E-state index contributed by atoms with van der Waals surface area (Å²) in [7, 11) is 4.57. The van der Waals surface area contributed by atoms with E-state index >= 15 is 0 Å². The van der Waals surface area contributed by atoms with Gasteiger partial charge in [0.2, 0.25) is 0 Å². The van der Waals surface area contributed by atoms with E-state index in [1.165, 1.54) is 26.2 Å². The zero-order valence-corrected chi connectivity index (χ0v) is 17.5. The number of aliphatic imine (C=N–C) groups is 1. The lowest BCUT2D eigenvalue weighted by Gasteiger charge is -2.24. The lowest BCUT2D eigenvalue weighted by atomic mass is 10.1. The predicted molar refractivity (Wildman–Crippen MR) is 103 cm³/mol. The van der Waals surface area contributed by atoms with Crippen LogP contribution in [0.25, 0.3) is 0 Å². The second-order valence-electron chi connectivity index (χ2n) is 5.88. The van der Waals surface area contributed by atoms with E-state index in [-0.39, 0.29) is 37.1 Å². The topological polar surface area (TPSA) is 30.9 Å². The van der Waals surface area contributed by atoms with Crippen molar-refractivity contribution in [1.29, 1.82) is 0 Å². The molecule has 1 N–H and O–H groups in total. The summed E-state index contributed by atoms with van der Waals surface area (Å²) in [5, 5.41) is 2.93. The molecule has 0 aliphatic heterocycles. The minimum absolute atomic E-state index is 0. The summed E-state index contributed by atoms with van der Waals surface area (Å²) < 4.78 is 74.5. The lowest BCUT2D eigenvalue weighted by molar-refractivity contribution is -0.142. The Morgan fingerprint density at radius 2 is 1.59 bits per heavy atom. The molecule has 0 saturated carbocycles. The fraction of sp³-hybridized carbons (Fsp3) is 0.562. The van der Waals surface area contributed by atoms with Gasteiger partial charge in [-0.3, -0.25) is 9.89 Å². The first-order valence-electron chi connectivity index (χ1n) is 7.75. The molecule has 0 heterocycles. The molecule has 0 amide bonds. The van der Waals surface area contributed by atoms with Gasteiger partial charge in [-0.15, -0.1) is 24.0 Å². The molecule has 0 aliphatic rings. The molecule has 27 heavy (non-hydrogen) atoms. The molecule has 156 valence electrons. The minimum Gasteiger partial charge on any atom is -0.355 e. The number of hydrogen-bond donors (Lipinski definition) is 1. The van der Waals surface area contributed by atoms with E-state index in [0.717, 1.165) is 17.0 Å². The van der Waals surface area contributed by atoms with Crippen molar-refractivity contribution in [3.05, 3.63) is 35.4 Å². The first-order valence-corrected chi connectivity index (χ1v) is 7.75. The molecule has 1 aromatic carbocycles. The summed E-state index contributed by atoms with van der Waals surface area (Å²) in [6.45, 7) is -0.297. The number of hydrogen-bond acceptors (Lipinski definition) is 2. The first-order chi connectivity index (χ1) is 11.9. The molecule has 0 spiro atoms. The fourth-order valence-corrected chi connectivity index (χ4v) is 2.28. The molecule has 0 atom stereocenters. The van der Waals surface area contributed by atoms with Crippen LogP contribution < -0.4 is 5.32 Å². The summed E-state index contributed by atoms with van der Waals surface area (Å²) in [5.74, 6) is 0.435. The van der Waals surface area contributed by atoms with Crippen LogP contribution in [0.15, 0.2) is 29.3 Å². The Balaban J connectivity index is 0.00000676. The third-order valence-corrected chi connectivity index (χ3v) is 3.50. The first kappa shape index (κ1) is 25.8. The third kappa shape index (κ3) is 10.0. The van der Waals surface area contributed by atoms with E-state index in [1.807, 2.05) is 0 Å². The molecular weight excluding hydrogens is 489 g/mol. The molecule has 0 radical (unpaired) electrons. The van der Waals surface area contributed by atoms with Gasteiger partial charge in [0.25, 0.3) is 0 Å². The van der Waals surface area contributed by atoms with Gasteiger partial charge >= 0.3 is 12.4 Å². The van der Waals surface area contributed by atoms with Crippen molar-refractivity contribution in [2.45, 2.75) is 18.9 Å². The Labute approximate surface area is 171 Å². The quantitative estimate of drug-likeness (QED) is 0.272. The number of alkyl halides is 6. The fourth-order valence-electron chi connectivity index (χ4n) is 2.28. The number of halogens is 7. The summed E-state index contributed by atoms with van der Waals surface area (Å²) >= 11 is 0. The largest absolute Gasteiger partial charge is 0.416 e. The van der Waals surface area contributed by atoms with Crippen LogP contribution in [0.5, 0.6) is 0 Å². The van der Waals surface area contributed by atoms with Crippen LogP contribution in [-0.2, 0) is 12.7 Å². The Morgan fingerprint density at radius 3 is 2.04 bits per heavy atom. The van der Waals surface area contributed by atoms with Crippen LogP contribution in [0.4, 0.5) is 26.3 Å². The van der Waals surface area contributed by atoms with Crippen LogP contribution in [0.1, 0.15) is 11.1 Å². The Kier molecular flexibility index (Phi) is 10.4. The lowest BCUT2D eigenvalue weighted by Crippen LogP contribution is -2.43. The number of guanidine groups is 1. The van der Waals surface area contributed by atoms with Gasteiger partial charge < -0.3 is 10.2 Å². The summed E-state index contributed by atoms with van der Waals surface area (Å²) in [6.07, 6.45) is -8.64. The number of nitrogens with one attached hydrogen (secondary N) is 1. The van der Waals surface area contributed by atoms with Crippen molar-refractivity contribution in [2.75, 3.05) is 40.8 Å². The molecule has 1 rings (SSSR count). The number of likely N-dealkylation sites (N-methyl/N-ethyl adjacent to an activating group) is 1.